The lowest BCUT2D eigenvalue weighted by atomic mass is 10.3. The van der Waals surface area contributed by atoms with E-state index in [4.69, 9.17) is 4.74 Å². The predicted octanol–water partition coefficient (Wildman–Crippen LogP) is 1.90. The third-order valence-electron chi connectivity index (χ3n) is 2.53. The van der Waals surface area contributed by atoms with Crippen LogP contribution in [-0.2, 0) is 11.3 Å². The first-order valence-corrected chi connectivity index (χ1v) is 5.97. The molecule has 96 valence electrons. The van der Waals surface area contributed by atoms with E-state index in [0.717, 1.165) is 24.6 Å². The van der Waals surface area contributed by atoms with Crippen molar-refractivity contribution >= 4 is 11.6 Å². The number of hydrogen-bond donors (Lipinski definition) is 1. The second-order valence-corrected chi connectivity index (χ2v) is 3.99. The Kier molecular flexibility index (Phi) is 5.69. The van der Waals surface area contributed by atoms with E-state index in [9.17, 15) is 0 Å². The summed E-state index contributed by atoms with van der Waals surface area (Å²) in [4.78, 5) is 10.9. The molecule has 1 rings (SSSR count). The zero-order valence-corrected chi connectivity index (χ0v) is 11.2. The van der Waals surface area contributed by atoms with Crippen molar-refractivity contribution < 1.29 is 4.74 Å². The van der Waals surface area contributed by atoms with Crippen LogP contribution in [0.4, 0.5) is 11.6 Å². The summed E-state index contributed by atoms with van der Waals surface area (Å²) >= 11 is 0. The Bertz CT molecular complexity index is 343. The molecule has 1 heterocycles. The van der Waals surface area contributed by atoms with Gasteiger partial charge in [0, 0.05) is 33.8 Å². The van der Waals surface area contributed by atoms with Gasteiger partial charge in [-0.2, -0.15) is 0 Å². The van der Waals surface area contributed by atoms with Gasteiger partial charge in [0.25, 0.3) is 0 Å². The molecule has 5 nitrogen and oxygen atoms in total. The Morgan fingerprint density at radius 1 is 1.41 bits per heavy atom. The largest absolute Gasteiger partial charge is 0.377 e. The molecule has 0 aromatic carbocycles. The highest BCUT2D eigenvalue weighted by atomic mass is 16.5. The Morgan fingerprint density at radius 2 is 2.18 bits per heavy atom. The summed E-state index contributed by atoms with van der Waals surface area (Å²) in [6, 6.07) is 1.95. The van der Waals surface area contributed by atoms with E-state index in [2.05, 4.69) is 27.1 Å². The lowest BCUT2D eigenvalue weighted by Gasteiger charge is -2.19. The van der Waals surface area contributed by atoms with Crippen LogP contribution in [0.3, 0.4) is 0 Å². The quantitative estimate of drug-likeness (QED) is 0.786. The number of anilines is 2. The van der Waals surface area contributed by atoms with Crippen molar-refractivity contribution in [2.24, 2.45) is 0 Å². The van der Waals surface area contributed by atoms with Crippen LogP contribution in [0, 0.1) is 0 Å². The van der Waals surface area contributed by atoms with Crippen molar-refractivity contribution in [3.05, 3.63) is 11.9 Å². The van der Waals surface area contributed by atoms with Crippen molar-refractivity contribution in [3.63, 3.8) is 0 Å². The number of nitrogens with one attached hydrogen (secondary N) is 1. The van der Waals surface area contributed by atoms with Gasteiger partial charge in [0.1, 0.15) is 18.2 Å². The number of rotatable bonds is 7. The molecule has 0 saturated carbocycles. The van der Waals surface area contributed by atoms with Crippen molar-refractivity contribution in [3.8, 4) is 0 Å². The van der Waals surface area contributed by atoms with Gasteiger partial charge in [-0.3, -0.25) is 0 Å². The van der Waals surface area contributed by atoms with Crippen LogP contribution in [0.5, 0.6) is 0 Å². The highest BCUT2D eigenvalue weighted by molar-refractivity contribution is 5.48. The average Bonchev–Trinajstić information content (AvgIpc) is 2.35. The Morgan fingerprint density at radius 3 is 2.76 bits per heavy atom. The summed E-state index contributed by atoms with van der Waals surface area (Å²) in [7, 11) is 5.55. The Hall–Kier alpha value is -1.36. The summed E-state index contributed by atoms with van der Waals surface area (Å²) in [5, 5.41) is 3.04. The summed E-state index contributed by atoms with van der Waals surface area (Å²) in [5.41, 5.74) is 0. The van der Waals surface area contributed by atoms with Crippen LogP contribution in [0.15, 0.2) is 6.07 Å². The fourth-order valence-corrected chi connectivity index (χ4v) is 1.51. The number of hydrogen-bond acceptors (Lipinski definition) is 5. The summed E-state index contributed by atoms with van der Waals surface area (Å²) in [6.45, 7) is 3.62. The molecule has 0 fully saturated rings. The maximum absolute atomic E-state index is 5.07. The fourth-order valence-electron chi connectivity index (χ4n) is 1.51. The van der Waals surface area contributed by atoms with E-state index < -0.39 is 0 Å². The third-order valence-corrected chi connectivity index (χ3v) is 2.53. The lowest BCUT2D eigenvalue weighted by molar-refractivity contribution is 0.178. The molecule has 1 N–H and O–H groups in total. The zero-order valence-electron chi connectivity index (χ0n) is 11.2. The second kappa shape index (κ2) is 7.06. The number of ether oxygens (including phenoxy) is 1. The van der Waals surface area contributed by atoms with Gasteiger partial charge in [-0.25, -0.2) is 9.97 Å². The molecule has 0 aliphatic heterocycles. The highest BCUT2D eigenvalue weighted by Crippen LogP contribution is 2.15. The molecule has 0 radical (unpaired) electrons. The first-order valence-electron chi connectivity index (χ1n) is 5.97. The molecular weight excluding hydrogens is 216 g/mol. The minimum atomic E-state index is 0.435. The standard InChI is InChI=1S/C12H22N4O/c1-5-6-7-16(3)12-8-10(13-2)14-11(15-12)9-17-4/h8H,5-7,9H2,1-4H3,(H,13,14,15). The molecule has 0 amide bonds. The SMILES string of the molecule is CCCCN(C)c1cc(NC)nc(COC)n1. The first kappa shape index (κ1) is 13.7. The molecule has 0 spiro atoms. The number of unbranched alkanes of at least 4 members (excludes halogenated alkanes) is 1. The van der Waals surface area contributed by atoms with Crippen molar-refractivity contribution in [2.75, 3.05) is 38.0 Å². The minimum Gasteiger partial charge on any atom is -0.377 e. The maximum atomic E-state index is 5.07. The van der Waals surface area contributed by atoms with Crippen molar-refractivity contribution in [2.45, 2.75) is 26.4 Å². The Labute approximate surface area is 103 Å². The fraction of sp³-hybridized carbons (Fsp3) is 0.667. The van der Waals surface area contributed by atoms with Crippen LogP contribution in [0.2, 0.25) is 0 Å². The van der Waals surface area contributed by atoms with Crippen LogP contribution < -0.4 is 10.2 Å². The van der Waals surface area contributed by atoms with E-state index in [1.807, 2.05) is 20.2 Å². The van der Waals surface area contributed by atoms with E-state index in [1.165, 1.54) is 6.42 Å². The van der Waals surface area contributed by atoms with Gasteiger partial charge < -0.3 is 15.0 Å². The van der Waals surface area contributed by atoms with Crippen LogP contribution in [0.1, 0.15) is 25.6 Å². The average molecular weight is 238 g/mol. The normalized spacial score (nSPS) is 10.4. The van der Waals surface area contributed by atoms with Gasteiger partial charge in [0.05, 0.1) is 0 Å². The van der Waals surface area contributed by atoms with E-state index in [1.54, 1.807) is 7.11 Å². The predicted molar refractivity (Wildman–Crippen MR) is 70.5 cm³/mol. The van der Waals surface area contributed by atoms with Crippen LogP contribution >= 0.6 is 0 Å². The smallest absolute Gasteiger partial charge is 0.158 e. The molecule has 0 aliphatic carbocycles. The van der Waals surface area contributed by atoms with Crippen LogP contribution in [0.25, 0.3) is 0 Å². The molecule has 0 saturated heterocycles. The van der Waals surface area contributed by atoms with Crippen molar-refractivity contribution in [1.29, 1.82) is 0 Å². The molecule has 0 atom stereocenters. The molecule has 0 bridgehead atoms. The molecule has 0 unspecified atom stereocenters. The number of aromatic nitrogens is 2. The van der Waals surface area contributed by atoms with E-state index in [-0.39, 0.29) is 0 Å². The monoisotopic (exact) mass is 238 g/mol. The molecule has 5 heteroatoms. The zero-order chi connectivity index (χ0) is 12.7. The topological polar surface area (TPSA) is 50.3 Å². The van der Waals surface area contributed by atoms with Gasteiger partial charge in [0.2, 0.25) is 0 Å². The first-order chi connectivity index (χ1) is 8.21. The van der Waals surface area contributed by atoms with E-state index in [0.29, 0.717) is 12.4 Å². The second-order valence-electron chi connectivity index (χ2n) is 3.99. The third kappa shape index (κ3) is 4.19. The van der Waals surface area contributed by atoms with Gasteiger partial charge in [-0.1, -0.05) is 13.3 Å². The summed E-state index contributed by atoms with van der Waals surface area (Å²) in [5.74, 6) is 2.47. The summed E-state index contributed by atoms with van der Waals surface area (Å²) < 4.78 is 5.07. The van der Waals surface area contributed by atoms with Gasteiger partial charge in [-0.15, -0.1) is 0 Å². The van der Waals surface area contributed by atoms with E-state index >= 15 is 0 Å². The molecule has 1 aromatic heterocycles. The lowest BCUT2D eigenvalue weighted by Crippen LogP contribution is -2.20. The highest BCUT2D eigenvalue weighted by Gasteiger charge is 2.07. The van der Waals surface area contributed by atoms with Gasteiger partial charge in [0.15, 0.2) is 5.82 Å². The molecular formula is C12H22N4O. The Balaban J connectivity index is 2.85. The minimum absolute atomic E-state index is 0.435. The summed E-state index contributed by atoms with van der Waals surface area (Å²) in [6.07, 6.45) is 2.34. The number of methoxy groups -OCH3 is 1. The number of nitrogens with zero attached hydrogens (tertiary/aromatic N) is 3. The van der Waals surface area contributed by atoms with Gasteiger partial charge >= 0.3 is 0 Å². The maximum Gasteiger partial charge on any atom is 0.158 e. The van der Waals surface area contributed by atoms with Crippen molar-refractivity contribution in [1.82, 2.24) is 9.97 Å². The molecule has 1 aromatic rings. The molecule has 17 heavy (non-hydrogen) atoms. The molecule has 0 aliphatic rings. The van der Waals surface area contributed by atoms with Crippen LogP contribution in [-0.4, -0.2) is 37.7 Å². The van der Waals surface area contributed by atoms with Gasteiger partial charge in [-0.05, 0) is 6.42 Å².